The van der Waals surface area contributed by atoms with Crippen molar-refractivity contribution >= 4 is 15.9 Å². The number of halogens is 1. The molecule has 1 unspecified atom stereocenters. The first-order valence-corrected chi connectivity index (χ1v) is 8.23. The molecule has 0 fully saturated rings. The van der Waals surface area contributed by atoms with Crippen LogP contribution in [-0.2, 0) is 13.0 Å². The van der Waals surface area contributed by atoms with Gasteiger partial charge in [-0.2, -0.15) is 0 Å². The molecular formula is C19H18BrNO. The van der Waals surface area contributed by atoms with E-state index in [0.29, 0.717) is 19.2 Å². The molecule has 0 saturated heterocycles. The fourth-order valence-electron chi connectivity index (χ4n) is 2.94. The average molecular weight is 356 g/mol. The number of terminal acetylenes is 1. The van der Waals surface area contributed by atoms with Gasteiger partial charge in [-0.1, -0.05) is 46.1 Å². The molecule has 0 saturated carbocycles. The van der Waals surface area contributed by atoms with Gasteiger partial charge in [0.05, 0.1) is 6.54 Å². The largest absolute Gasteiger partial charge is 0.489 e. The third-order valence-corrected chi connectivity index (χ3v) is 4.45. The average Bonchev–Trinajstić information content (AvgIpc) is 2.95. The minimum Gasteiger partial charge on any atom is -0.489 e. The number of rotatable bonds is 5. The lowest BCUT2D eigenvalue weighted by Gasteiger charge is -2.14. The number of nitrogens with one attached hydrogen (secondary N) is 1. The van der Waals surface area contributed by atoms with Gasteiger partial charge in [-0.05, 0) is 47.7 Å². The minimum absolute atomic E-state index is 0.348. The van der Waals surface area contributed by atoms with Crippen LogP contribution in [0.25, 0.3) is 0 Å². The standard InChI is InChI=1S/C19H18BrNO/c1-2-11-21-18-10-9-17-16(18)7-4-8-19(17)22-13-14-5-3-6-15(20)12-14/h1,3-8,12,18,21H,9-11,13H2. The van der Waals surface area contributed by atoms with E-state index in [2.05, 4.69) is 57.5 Å². The van der Waals surface area contributed by atoms with Crippen molar-refractivity contribution in [2.24, 2.45) is 0 Å². The SMILES string of the molecule is C#CCNC1CCc2c(OCc3cccc(Br)c3)cccc21. The molecule has 1 N–H and O–H groups in total. The zero-order valence-electron chi connectivity index (χ0n) is 12.3. The van der Waals surface area contributed by atoms with Gasteiger partial charge >= 0.3 is 0 Å². The summed E-state index contributed by atoms with van der Waals surface area (Å²) in [6.45, 7) is 1.19. The molecule has 3 rings (SSSR count). The number of ether oxygens (including phenoxy) is 1. The molecule has 112 valence electrons. The molecule has 0 spiro atoms. The molecule has 0 radical (unpaired) electrons. The fourth-order valence-corrected chi connectivity index (χ4v) is 3.38. The molecule has 0 amide bonds. The zero-order valence-corrected chi connectivity index (χ0v) is 13.9. The van der Waals surface area contributed by atoms with E-state index in [-0.39, 0.29) is 0 Å². The molecule has 22 heavy (non-hydrogen) atoms. The van der Waals surface area contributed by atoms with E-state index in [1.807, 2.05) is 12.1 Å². The first kappa shape index (κ1) is 15.1. The Bertz CT molecular complexity index is 705. The van der Waals surface area contributed by atoms with Crippen LogP contribution in [0.1, 0.15) is 29.2 Å². The van der Waals surface area contributed by atoms with Crippen LogP contribution >= 0.6 is 15.9 Å². The minimum atomic E-state index is 0.348. The number of hydrogen-bond donors (Lipinski definition) is 1. The van der Waals surface area contributed by atoms with E-state index < -0.39 is 0 Å². The lowest BCUT2D eigenvalue weighted by Crippen LogP contribution is -2.19. The molecule has 2 nitrogen and oxygen atoms in total. The van der Waals surface area contributed by atoms with Crippen LogP contribution in [0.15, 0.2) is 46.9 Å². The lowest BCUT2D eigenvalue weighted by atomic mass is 10.1. The molecule has 0 bridgehead atoms. The van der Waals surface area contributed by atoms with Crippen molar-refractivity contribution in [1.82, 2.24) is 5.32 Å². The quantitative estimate of drug-likeness (QED) is 0.810. The Balaban J connectivity index is 1.73. The molecule has 0 aliphatic heterocycles. The Labute approximate surface area is 140 Å². The van der Waals surface area contributed by atoms with E-state index in [4.69, 9.17) is 11.2 Å². The molecule has 3 heteroatoms. The van der Waals surface area contributed by atoms with Crippen molar-refractivity contribution < 1.29 is 4.74 Å². The first-order chi connectivity index (χ1) is 10.8. The van der Waals surface area contributed by atoms with Gasteiger partial charge in [0.25, 0.3) is 0 Å². The molecule has 1 atom stereocenters. The Morgan fingerprint density at radius 1 is 1.27 bits per heavy atom. The maximum absolute atomic E-state index is 6.05. The molecule has 2 aromatic carbocycles. The van der Waals surface area contributed by atoms with Crippen molar-refractivity contribution in [3.63, 3.8) is 0 Å². The Morgan fingerprint density at radius 2 is 2.14 bits per heavy atom. The van der Waals surface area contributed by atoms with Gasteiger partial charge < -0.3 is 4.74 Å². The van der Waals surface area contributed by atoms with Crippen LogP contribution in [-0.4, -0.2) is 6.54 Å². The van der Waals surface area contributed by atoms with Gasteiger partial charge in [-0.25, -0.2) is 0 Å². The van der Waals surface area contributed by atoms with Gasteiger partial charge in [0.15, 0.2) is 0 Å². The van der Waals surface area contributed by atoms with Crippen LogP contribution in [0.4, 0.5) is 0 Å². The third-order valence-electron chi connectivity index (χ3n) is 3.96. The monoisotopic (exact) mass is 355 g/mol. The second kappa shape index (κ2) is 7.00. The second-order valence-corrected chi connectivity index (χ2v) is 6.33. The maximum Gasteiger partial charge on any atom is 0.123 e. The van der Waals surface area contributed by atoms with Crippen molar-refractivity contribution in [1.29, 1.82) is 0 Å². The second-order valence-electron chi connectivity index (χ2n) is 5.42. The summed E-state index contributed by atoms with van der Waals surface area (Å²) >= 11 is 3.49. The van der Waals surface area contributed by atoms with Gasteiger partial charge in [0, 0.05) is 10.5 Å². The summed E-state index contributed by atoms with van der Waals surface area (Å²) < 4.78 is 7.13. The van der Waals surface area contributed by atoms with Gasteiger partial charge in [-0.15, -0.1) is 6.42 Å². The molecule has 0 heterocycles. The fraction of sp³-hybridized carbons (Fsp3) is 0.263. The van der Waals surface area contributed by atoms with E-state index in [0.717, 1.165) is 28.6 Å². The van der Waals surface area contributed by atoms with E-state index in [1.165, 1.54) is 11.1 Å². The van der Waals surface area contributed by atoms with Crippen LogP contribution in [0.2, 0.25) is 0 Å². The van der Waals surface area contributed by atoms with Gasteiger partial charge in [0.2, 0.25) is 0 Å². The summed E-state index contributed by atoms with van der Waals surface area (Å²) in [6, 6.07) is 14.8. The number of hydrogen-bond acceptors (Lipinski definition) is 2. The highest BCUT2D eigenvalue weighted by Gasteiger charge is 2.24. The summed E-state index contributed by atoms with van der Waals surface area (Å²) in [4.78, 5) is 0. The lowest BCUT2D eigenvalue weighted by molar-refractivity contribution is 0.303. The maximum atomic E-state index is 6.05. The van der Waals surface area contributed by atoms with Crippen LogP contribution in [0, 0.1) is 12.3 Å². The summed E-state index contributed by atoms with van der Waals surface area (Å²) in [5.41, 5.74) is 3.79. The Hall–Kier alpha value is -1.76. The molecule has 0 aromatic heterocycles. The highest BCUT2D eigenvalue weighted by Crippen LogP contribution is 2.37. The highest BCUT2D eigenvalue weighted by atomic mass is 79.9. The third kappa shape index (κ3) is 3.35. The summed E-state index contributed by atoms with van der Waals surface area (Å²) in [7, 11) is 0. The van der Waals surface area contributed by atoms with E-state index >= 15 is 0 Å². The molecular weight excluding hydrogens is 338 g/mol. The topological polar surface area (TPSA) is 21.3 Å². The number of fused-ring (bicyclic) bond motifs is 1. The predicted octanol–water partition coefficient (Wildman–Crippen LogP) is 4.24. The molecule has 2 aromatic rings. The zero-order chi connectivity index (χ0) is 15.4. The summed E-state index contributed by atoms with van der Waals surface area (Å²) in [5, 5.41) is 3.40. The van der Waals surface area contributed by atoms with Crippen molar-refractivity contribution in [2.45, 2.75) is 25.5 Å². The van der Waals surface area contributed by atoms with Crippen LogP contribution < -0.4 is 10.1 Å². The van der Waals surface area contributed by atoms with E-state index in [1.54, 1.807) is 0 Å². The predicted molar refractivity (Wildman–Crippen MR) is 92.8 cm³/mol. The van der Waals surface area contributed by atoms with Gasteiger partial charge in [-0.3, -0.25) is 5.32 Å². The van der Waals surface area contributed by atoms with Crippen molar-refractivity contribution in [3.8, 4) is 18.1 Å². The van der Waals surface area contributed by atoms with Crippen LogP contribution in [0.3, 0.4) is 0 Å². The van der Waals surface area contributed by atoms with Crippen molar-refractivity contribution in [2.75, 3.05) is 6.54 Å². The molecule has 1 aliphatic rings. The summed E-state index contributed by atoms with van der Waals surface area (Å²) in [6.07, 6.45) is 7.45. The van der Waals surface area contributed by atoms with E-state index in [9.17, 15) is 0 Å². The van der Waals surface area contributed by atoms with Gasteiger partial charge in [0.1, 0.15) is 12.4 Å². The van der Waals surface area contributed by atoms with Crippen molar-refractivity contribution in [3.05, 3.63) is 63.6 Å². The summed E-state index contributed by atoms with van der Waals surface area (Å²) in [5.74, 6) is 3.63. The highest BCUT2D eigenvalue weighted by molar-refractivity contribution is 9.10. The Kier molecular flexibility index (Phi) is 4.82. The normalized spacial score (nSPS) is 16.1. The Morgan fingerprint density at radius 3 is 2.95 bits per heavy atom. The molecule has 1 aliphatic carbocycles. The number of benzene rings is 2. The first-order valence-electron chi connectivity index (χ1n) is 7.44. The van der Waals surface area contributed by atoms with Crippen LogP contribution in [0.5, 0.6) is 5.75 Å². The smallest absolute Gasteiger partial charge is 0.123 e.